The molecule has 0 saturated heterocycles. The second-order valence-corrected chi connectivity index (χ2v) is 3.29. The maximum atomic E-state index is 11.4. The van der Waals surface area contributed by atoms with Gasteiger partial charge in [-0.1, -0.05) is 0 Å². The molecular formula is C12H11NO4. The molecule has 0 heterocycles. The molecule has 0 amide bonds. The van der Waals surface area contributed by atoms with E-state index in [-0.39, 0.29) is 5.69 Å². The normalized spacial score (nSPS) is 9.41. The van der Waals surface area contributed by atoms with E-state index in [0.29, 0.717) is 24.0 Å². The summed E-state index contributed by atoms with van der Waals surface area (Å²) >= 11 is 0. The molecule has 0 N–H and O–H groups in total. The van der Waals surface area contributed by atoms with Crippen molar-refractivity contribution in [3.8, 4) is 12.3 Å². The van der Waals surface area contributed by atoms with Gasteiger partial charge in [0.05, 0.1) is 17.6 Å². The van der Waals surface area contributed by atoms with Gasteiger partial charge in [-0.3, -0.25) is 10.1 Å². The summed E-state index contributed by atoms with van der Waals surface area (Å²) in [6.45, 7) is 0. The fraction of sp³-hybridized carbons (Fsp3) is 0.250. The Hall–Kier alpha value is -2.35. The smallest absolute Gasteiger partial charge is 0.338 e. The molecule has 0 fully saturated rings. The lowest BCUT2D eigenvalue weighted by atomic mass is 10.0. The van der Waals surface area contributed by atoms with Gasteiger partial charge in [-0.15, -0.1) is 12.3 Å². The Morgan fingerprint density at radius 2 is 2.29 bits per heavy atom. The number of hydrogen-bond donors (Lipinski definition) is 0. The summed E-state index contributed by atoms with van der Waals surface area (Å²) < 4.78 is 4.60. The molecule has 0 aliphatic rings. The van der Waals surface area contributed by atoms with Crippen molar-refractivity contribution in [2.75, 3.05) is 7.11 Å². The van der Waals surface area contributed by atoms with Gasteiger partial charge < -0.3 is 4.74 Å². The van der Waals surface area contributed by atoms with Crippen LogP contribution in [0.25, 0.3) is 0 Å². The third-order valence-corrected chi connectivity index (χ3v) is 2.24. The van der Waals surface area contributed by atoms with E-state index in [1.807, 2.05) is 0 Å². The van der Waals surface area contributed by atoms with E-state index in [0.717, 1.165) is 0 Å². The van der Waals surface area contributed by atoms with Crippen molar-refractivity contribution in [2.45, 2.75) is 12.8 Å². The fourth-order valence-corrected chi connectivity index (χ4v) is 1.42. The number of terminal acetylenes is 1. The fourth-order valence-electron chi connectivity index (χ4n) is 1.42. The zero-order valence-electron chi connectivity index (χ0n) is 9.30. The van der Waals surface area contributed by atoms with E-state index in [9.17, 15) is 14.9 Å². The largest absolute Gasteiger partial charge is 0.465 e. The predicted molar refractivity (Wildman–Crippen MR) is 61.6 cm³/mol. The van der Waals surface area contributed by atoms with Crippen LogP contribution in [0, 0.1) is 22.5 Å². The van der Waals surface area contributed by atoms with Crippen LogP contribution in [0.4, 0.5) is 5.69 Å². The van der Waals surface area contributed by atoms with Gasteiger partial charge in [-0.2, -0.15) is 0 Å². The second-order valence-electron chi connectivity index (χ2n) is 3.29. The molecule has 0 bridgehead atoms. The van der Waals surface area contributed by atoms with Gasteiger partial charge in [-0.05, 0) is 18.1 Å². The number of hydrogen-bond acceptors (Lipinski definition) is 4. The van der Waals surface area contributed by atoms with Crippen molar-refractivity contribution in [1.82, 2.24) is 0 Å². The average molecular weight is 233 g/mol. The number of carbonyl (C=O) groups is 1. The number of nitro groups is 1. The van der Waals surface area contributed by atoms with E-state index in [1.54, 1.807) is 0 Å². The van der Waals surface area contributed by atoms with E-state index < -0.39 is 10.9 Å². The molecule has 0 saturated carbocycles. The Morgan fingerprint density at radius 3 is 2.82 bits per heavy atom. The average Bonchev–Trinajstić information content (AvgIpc) is 2.34. The molecule has 0 aliphatic heterocycles. The molecule has 1 aromatic carbocycles. The van der Waals surface area contributed by atoms with E-state index >= 15 is 0 Å². The van der Waals surface area contributed by atoms with Crippen LogP contribution in [0.15, 0.2) is 18.2 Å². The Morgan fingerprint density at radius 1 is 1.59 bits per heavy atom. The van der Waals surface area contributed by atoms with Crippen molar-refractivity contribution in [3.05, 3.63) is 39.4 Å². The molecule has 5 nitrogen and oxygen atoms in total. The number of carbonyl (C=O) groups excluding carboxylic acids is 1. The van der Waals surface area contributed by atoms with Crippen LogP contribution in [0.5, 0.6) is 0 Å². The highest BCUT2D eigenvalue weighted by atomic mass is 16.6. The van der Waals surface area contributed by atoms with Crippen LogP contribution in [0.3, 0.4) is 0 Å². The van der Waals surface area contributed by atoms with Crippen LogP contribution in [-0.2, 0) is 11.2 Å². The topological polar surface area (TPSA) is 69.4 Å². The Kier molecular flexibility index (Phi) is 4.23. The first-order valence-electron chi connectivity index (χ1n) is 4.89. The predicted octanol–water partition coefficient (Wildman–Crippen LogP) is 1.95. The summed E-state index contributed by atoms with van der Waals surface area (Å²) in [6, 6.07) is 4.00. The van der Waals surface area contributed by atoms with Crippen LogP contribution in [0.1, 0.15) is 22.3 Å². The first-order chi connectivity index (χ1) is 8.10. The standard InChI is InChI=1S/C12H11NO4/c1-3-4-5-9-8-10(13(15)16)6-7-11(9)12(14)17-2/h1,6-8H,4-5H2,2H3. The van der Waals surface area contributed by atoms with Crippen molar-refractivity contribution < 1.29 is 14.5 Å². The lowest BCUT2D eigenvalue weighted by Crippen LogP contribution is -2.06. The summed E-state index contributed by atoms with van der Waals surface area (Å²) in [5, 5.41) is 10.6. The quantitative estimate of drug-likeness (QED) is 0.345. The molecular weight excluding hydrogens is 222 g/mol. The minimum Gasteiger partial charge on any atom is -0.465 e. The number of aryl methyl sites for hydroxylation is 1. The molecule has 1 rings (SSSR count). The molecule has 0 radical (unpaired) electrons. The highest BCUT2D eigenvalue weighted by Gasteiger charge is 2.15. The third kappa shape index (κ3) is 3.05. The number of nitro benzene ring substituents is 1. The second kappa shape index (κ2) is 5.66. The van der Waals surface area contributed by atoms with Crippen LogP contribution in [-0.4, -0.2) is 18.0 Å². The van der Waals surface area contributed by atoms with Crippen molar-refractivity contribution in [1.29, 1.82) is 0 Å². The Balaban J connectivity index is 3.17. The lowest BCUT2D eigenvalue weighted by Gasteiger charge is -2.06. The summed E-state index contributed by atoms with van der Waals surface area (Å²) in [4.78, 5) is 21.5. The van der Waals surface area contributed by atoms with Gasteiger partial charge in [0.1, 0.15) is 0 Å². The van der Waals surface area contributed by atoms with Crippen molar-refractivity contribution in [3.63, 3.8) is 0 Å². The monoisotopic (exact) mass is 233 g/mol. The lowest BCUT2D eigenvalue weighted by molar-refractivity contribution is -0.384. The van der Waals surface area contributed by atoms with Gasteiger partial charge in [0.15, 0.2) is 0 Å². The van der Waals surface area contributed by atoms with Crippen LogP contribution < -0.4 is 0 Å². The van der Waals surface area contributed by atoms with Gasteiger partial charge in [0.25, 0.3) is 5.69 Å². The number of methoxy groups -OCH3 is 1. The molecule has 0 atom stereocenters. The van der Waals surface area contributed by atoms with Crippen LogP contribution in [0.2, 0.25) is 0 Å². The van der Waals surface area contributed by atoms with Gasteiger partial charge in [0.2, 0.25) is 0 Å². The van der Waals surface area contributed by atoms with E-state index in [4.69, 9.17) is 6.42 Å². The maximum Gasteiger partial charge on any atom is 0.338 e. The molecule has 0 unspecified atom stereocenters. The van der Waals surface area contributed by atoms with Crippen LogP contribution >= 0.6 is 0 Å². The molecule has 88 valence electrons. The van der Waals surface area contributed by atoms with Gasteiger partial charge >= 0.3 is 5.97 Å². The number of ether oxygens (including phenoxy) is 1. The van der Waals surface area contributed by atoms with E-state index in [1.165, 1.54) is 25.3 Å². The molecule has 0 aliphatic carbocycles. The summed E-state index contributed by atoms with van der Waals surface area (Å²) in [5.41, 5.74) is 0.780. The summed E-state index contributed by atoms with van der Waals surface area (Å²) in [6.07, 6.45) is 5.95. The highest BCUT2D eigenvalue weighted by Crippen LogP contribution is 2.20. The molecule has 1 aromatic rings. The first kappa shape index (κ1) is 12.7. The molecule has 5 heteroatoms. The minimum atomic E-state index is -0.521. The van der Waals surface area contributed by atoms with Crippen molar-refractivity contribution >= 4 is 11.7 Å². The number of rotatable bonds is 4. The van der Waals surface area contributed by atoms with Gasteiger partial charge in [0, 0.05) is 18.6 Å². The molecule has 0 aromatic heterocycles. The number of esters is 1. The van der Waals surface area contributed by atoms with Gasteiger partial charge in [-0.25, -0.2) is 4.79 Å². The molecule has 0 spiro atoms. The number of benzene rings is 1. The summed E-state index contributed by atoms with van der Waals surface area (Å²) in [5.74, 6) is 1.91. The zero-order chi connectivity index (χ0) is 12.8. The Labute approximate surface area is 98.5 Å². The summed E-state index contributed by atoms with van der Waals surface area (Å²) in [7, 11) is 1.26. The Bertz CT molecular complexity index is 488. The minimum absolute atomic E-state index is 0.0651. The number of nitrogens with zero attached hydrogens (tertiary/aromatic N) is 1. The SMILES string of the molecule is C#CCCc1cc([N+](=O)[O-])ccc1C(=O)OC. The number of non-ortho nitro benzene ring substituents is 1. The maximum absolute atomic E-state index is 11.4. The zero-order valence-corrected chi connectivity index (χ0v) is 9.30. The first-order valence-corrected chi connectivity index (χ1v) is 4.89. The molecule has 17 heavy (non-hydrogen) atoms. The van der Waals surface area contributed by atoms with E-state index in [2.05, 4.69) is 10.7 Å². The van der Waals surface area contributed by atoms with Crippen molar-refractivity contribution in [2.24, 2.45) is 0 Å². The highest BCUT2D eigenvalue weighted by molar-refractivity contribution is 5.91. The third-order valence-electron chi connectivity index (χ3n) is 2.24.